The Kier molecular flexibility index (Phi) is 7.68. The van der Waals surface area contributed by atoms with Crippen LogP contribution in [0.15, 0.2) is 71.6 Å². The van der Waals surface area contributed by atoms with Crippen LogP contribution in [0.5, 0.6) is 0 Å². The second kappa shape index (κ2) is 10.5. The molecule has 1 saturated heterocycles. The molecule has 0 spiro atoms. The van der Waals surface area contributed by atoms with Crippen molar-refractivity contribution in [2.24, 2.45) is 0 Å². The van der Waals surface area contributed by atoms with Crippen LogP contribution in [0.4, 0.5) is 37.7 Å². The van der Waals surface area contributed by atoms with Crippen molar-refractivity contribution in [1.82, 2.24) is 4.31 Å². The fourth-order valence-electron chi connectivity index (χ4n) is 4.19. The van der Waals surface area contributed by atoms with E-state index >= 15 is 0 Å². The lowest BCUT2D eigenvalue weighted by Crippen LogP contribution is -2.48. The molecule has 1 aliphatic heterocycles. The van der Waals surface area contributed by atoms with Gasteiger partial charge >= 0.3 is 12.4 Å². The summed E-state index contributed by atoms with van der Waals surface area (Å²) in [6, 6.07) is 12.8. The summed E-state index contributed by atoms with van der Waals surface area (Å²) in [5.41, 5.74) is -1.15. The molecule has 0 bridgehead atoms. The van der Waals surface area contributed by atoms with E-state index in [4.69, 9.17) is 0 Å². The number of benzene rings is 3. The Bertz CT molecular complexity index is 1480. The number of alkyl halides is 6. The van der Waals surface area contributed by atoms with Gasteiger partial charge in [-0.05, 0) is 61.0 Å². The summed E-state index contributed by atoms with van der Waals surface area (Å²) in [5, 5.41) is 2.37. The minimum absolute atomic E-state index is 0.00177. The highest BCUT2D eigenvalue weighted by atomic mass is 32.2. The molecular formula is C26H23F6N3O3S. The van der Waals surface area contributed by atoms with Crippen molar-refractivity contribution < 1.29 is 39.6 Å². The Labute approximate surface area is 220 Å². The third-order valence-corrected chi connectivity index (χ3v) is 8.21. The molecule has 6 nitrogen and oxygen atoms in total. The first-order valence-corrected chi connectivity index (χ1v) is 13.1. The standard InChI is InChI=1S/C26H23F6N3O3S/c1-17-8-9-22(16-23(17)24(36)33-20-6-2-4-18(14-20)25(27,28)29)39(37,38)35-12-10-34(11-13-35)21-7-3-5-19(15-21)26(30,31)32/h2-9,14-16H,10-13H2,1H3,(H,33,36). The summed E-state index contributed by atoms with van der Waals surface area (Å²) in [4.78, 5) is 14.3. The predicted molar refractivity (Wildman–Crippen MR) is 133 cm³/mol. The van der Waals surface area contributed by atoms with Crippen LogP contribution in [0.3, 0.4) is 0 Å². The predicted octanol–water partition coefficient (Wildman–Crippen LogP) is 5.80. The molecular weight excluding hydrogens is 548 g/mol. The Morgan fingerprint density at radius 2 is 1.38 bits per heavy atom. The average Bonchev–Trinajstić information content (AvgIpc) is 2.88. The van der Waals surface area contributed by atoms with Gasteiger partial charge in [-0.3, -0.25) is 4.79 Å². The monoisotopic (exact) mass is 571 g/mol. The molecule has 13 heteroatoms. The highest BCUT2D eigenvalue weighted by molar-refractivity contribution is 7.89. The van der Waals surface area contributed by atoms with Crippen LogP contribution in [0.1, 0.15) is 27.0 Å². The number of piperazine rings is 1. The van der Waals surface area contributed by atoms with Crippen molar-refractivity contribution in [3.05, 3.63) is 89.0 Å². The number of rotatable bonds is 5. The summed E-state index contributed by atoms with van der Waals surface area (Å²) in [6.07, 6.45) is -9.10. The molecule has 208 valence electrons. The molecule has 1 fully saturated rings. The number of carbonyl (C=O) groups excluding carboxylic acids is 1. The summed E-state index contributed by atoms with van der Waals surface area (Å²) < 4.78 is 106. The zero-order valence-corrected chi connectivity index (χ0v) is 21.3. The van der Waals surface area contributed by atoms with Gasteiger partial charge in [0.1, 0.15) is 0 Å². The molecule has 1 heterocycles. The smallest absolute Gasteiger partial charge is 0.369 e. The maximum absolute atomic E-state index is 13.3. The van der Waals surface area contributed by atoms with Crippen LogP contribution in [-0.2, 0) is 22.4 Å². The fourth-order valence-corrected chi connectivity index (χ4v) is 5.64. The number of aryl methyl sites for hydroxylation is 1. The largest absolute Gasteiger partial charge is 0.416 e. The van der Waals surface area contributed by atoms with E-state index in [0.717, 1.165) is 36.4 Å². The van der Waals surface area contributed by atoms with Gasteiger partial charge < -0.3 is 10.2 Å². The Balaban J connectivity index is 1.49. The first-order chi connectivity index (χ1) is 18.2. The number of nitrogens with zero attached hydrogens (tertiary/aromatic N) is 2. The van der Waals surface area contributed by atoms with Gasteiger partial charge in [-0.1, -0.05) is 18.2 Å². The van der Waals surface area contributed by atoms with E-state index in [1.807, 2.05) is 0 Å². The third-order valence-electron chi connectivity index (χ3n) is 6.32. The summed E-state index contributed by atoms with van der Waals surface area (Å²) >= 11 is 0. The minimum Gasteiger partial charge on any atom is -0.369 e. The molecule has 1 amide bonds. The molecule has 0 aromatic heterocycles. The van der Waals surface area contributed by atoms with Crippen molar-refractivity contribution in [3.63, 3.8) is 0 Å². The van der Waals surface area contributed by atoms with E-state index < -0.39 is 39.4 Å². The quantitative estimate of drug-likeness (QED) is 0.394. The van der Waals surface area contributed by atoms with Gasteiger partial charge in [-0.2, -0.15) is 30.6 Å². The van der Waals surface area contributed by atoms with Crippen LogP contribution in [0.2, 0.25) is 0 Å². The molecule has 3 aromatic rings. The van der Waals surface area contributed by atoms with E-state index in [9.17, 15) is 39.6 Å². The highest BCUT2D eigenvalue weighted by Crippen LogP contribution is 2.33. The fraction of sp³-hybridized carbons (Fsp3) is 0.269. The molecule has 0 atom stereocenters. The normalized spacial score (nSPS) is 15.3. The van der Waals surface area contributed by atoms with Crippen molar-refractivity contribution in [3.8, 4) is 0 Å². The number of hydrogen-bond acceptors (Lipinski definition) is 4. The molecule has 0 unspecified atom stereocenters. The SMILES string of the molecule is Cc1ccc(S(=O)(=O)N2CCN(c3cccc(C(F)(F)F)c3)CC2)cc1C(=O)Nc1cccc(C(F)(F)F)c1. The average molecular weight is 572 g/mol. The summed E-state index contributed by atoms with van der Waals surface area (Å²) in [5.74, 6) is -0.779. The molecule has 0 radical (unpaired) electrons. The van der Waals surface area contributed by atoms with Crippen LogP contribution < -0.4 is 10.2 Å². The number of anilines is 2. The Hall–Kier alpha value is -3.58. The number of amides is 1. The molecule has 39 heavy (non-hydrogen) atoms. The van der Waals surface area contributed by atoms with E-state index in [1.54, 1.807) is 11.8 Å². The minimum atomic E-state index is -4.60. The number of nitrogens with one attached hydrogen (secondary N) is 1. The summed E-state index contributed by atoms with van der Waals surface area (Å²) in [7, 11) is -4.07. The van der Waals surface area contributed by atoms with Gasteiger partial charge in [-0.25, -0.2) is 8.42 Å². The third kappa shape index (κ3) is 6.36. The van der Waals surface area contributed by atoms with Crippen LogP contribution in [0.25, 0.3) is 0 Å². The van der Waals surface area contributed by atoms with E-state index in [-0.39, 0.29) is 42.3 Å². The number of halogens is 6. The maximum Gasteiger partial charge on any atom is 0.416 e. The number of hydrogen-bond donors (Lipinski definition) is 1. The lowest BCUT2D eigenvalue weighted by molar-refractivity contribution is -0.138. The molecule has 3 aromatic carbocycles. The van der Waals surface area contributed by atoms with Gasteiger partial charge in [0.25, 0.3) is 5.91 Å². The van der Waals surface area contributed by atoms with Crippen molar-refractivity contribution in [2.45, 2.75) is 24.2 Å². The van der Waals surface area contributed by atoms with Gasteiger partial charge in [0.05, 0.1) is 16.0 Å². The molecule has 1 N–H and O–H groups in total. The molecule has 0 aliphatic carbocycles. The van der Waals surface area contributed by atoms with Gasteiger partial charge in [-0.15, -0.1) is 0 Å². The Morgan fingerprint density at radius 3 is 2.00 bits per heavy atom. The second-order valence-electron chi connectivity index (χ2n) is 8.95. The number of carbonyl (C=O) groups is 1. The van der Waals surface area contributed by atoms with Crippen molar-refractivity contribution >= 4 is 27.3 Å². The lowest BCUT2D eigenvalue weighted by atomic mass is 10.1. The zero-order chi connectivity index (χ0) is 28.6. The first kappa shape index (κ1) is 28.4. The van der Waals surface area contributed by atoms with Gasteiger partial charge in [0.2, 0.25) is 10.0 Å². The van der Waals surface area contributed by atoms with E-state index in [1.165, 1.54) is 34.6 Å². The Morgan fingerprint density at radius 1 is 0.795 bits per heavy atom. The summed E-state index contributed by atoms with van der Waals surface area (Å²) in [6.45, 7) is 1.85. The van der Waals surface area contributed by atoms with E-state index in [0.29, 0.717) is 11.3 Å². The van der Waals surface area contributed by atoms with Crippen LogP contribution in [0, 0.1) is 6.92 Å². The zero-order valence-electron chi connectivity index (χ0n) is 20.5. The van der Waals surface area contributed by atoms with E-state index in [2.05, 4.69) is 5.32 Å². The number of sulfonamides is 1. The van der Waals surface area contributed by atoms with Crippen LogP contribution in [-0.4, -0.2) is 44.8 Å². The molecule has 1 aliphatic rings. The maximum atomic E-state index is 13.3. The van der Waals surface area contributed by atoms with Gasteiger partial charge in [0, 0.05) is 43.1 Å². The van der Waals surface area contributed by atoms with Gasteiger partial charge in [0.15, 0.2) is 0 Å². The lowest BCUT2D eigenvalue weighted by Gasteiger charge is -2.35. The van der Waals surface area contributed by atoms with Crippen molar-refractivity contribution in [2.75, 3.05) is 36.4 Å². The second-order valence-corrected chi connectivity index (χ2v) is 10.9. The highest BCUT2D eigenvalue weighted by Gasteiger charge is 2.33. The molecule has 4 rings (SSSR count). The first-order valence-electron chi connectivity index (χ1n) is 11.7. The molecule has 0 saturated carbocycles. The van der Waals surface area contributed by atoms with Crippen LogP contribution >= 0.6 is 0 Å². The van der Waals surface area contributed by atoms with Crippen molar-refractivity contribution in [1.29, 1.82) is 0 Å². The topological polar surface area (TPSA) is 69.7 Å².